The molecule has 0 unspecified atom stereocenters. The summed E-state index contributed by atoms with van der Waals surface area (Å²) in [5.41, 5.74) is 9.84. The molecule has 2 aromatic heterocycles. The van der Waals surface area contributed by atoms with Gasteiger partial charge in [-0.2, -0.15) is 13.8 Å². The van der Waals surface area contributed by atoms with E-state index in [9.17, 15) is 0 Å². The van der Waals surface area contributed by atoms with Crippen LogP contribution in [0.5, 0.6) is 0 Å². The lowest BCUT2D eigenvalue weighted by Gasteiger charge is -2.09. The molecular weight excluding hydrogens is 296 g/mol. The highest BCUT2D eigenvalue weighted by atomic mass is 35.5. The first-order chi connectivity index (χ1) is 9.61. The number of benzene rings is 1. The molecule has 0 radical (unpaired) electrons. The second kappa shape index (κ2) is 4.92. The van der Waals surface area contributed by atoms with E-state index >= 15 is 0 Å². The fraction of sp³-hybridized carbons (Fsp3) is 0.250. The highest BCUT2D eigenvalue weighted by molar-refractivity contribution is 7.00. The Bertz CT molecular complexity index is 778. The molecule has 104 valence electrons. The number of fused-ring (bicyclic) bond motifs is 1. The Morgan fingerprint density at radius 3 is 2.90 bits per heavy atom. The van der Waals surface area contributed by atoms with Crippen LogP contribution < -0.4 is 11.1 Å². The van der Waals surface area contributed by atoms with Gasteiger partial charge < -0.3 is 11.1 Å². The molecule has 3 N–H and O–H groups in total. The SMILES string of the molecule is CCc1nn(C)c(Nc2c(Cl)ccc3nsnc23)c1N. The van der Waals surface area contributed by atoms with Gasteiger partial charge in [-0.3, -0.25) is 4.68 Å². The maximum Gasteiger partial charge on any atom is 0.152 e. The zero-order valence-corrected chi connectivity index (χ0v) is 12.6. The molecule has 2 heterocycles. The van der Waals surface area contributed by atoms with Gasteiger partial charge in [0.1, 0.15) is 11.0 Å². The van der Waals surface area contributed by atoms with Gasteiger partial charge in [0.25, 0.3) is 0 Å². The molecule has 0 aliphatic rings. The summed E-state index contributed by atoms with van der Waals surface area (Å²) in [6, 6.07) is 3.64. The summed E-state index contributed by atoms with van der Waals surface area (Å²) in [4.78, 5) is 0. The van der Waals surface area contributed by atoms with Gasteiger partial charge in [-0.05, 0) is 18.6 Å². The second-order valence-corrected chi connectivity index (χ2v) is 5.30. The monoisotopic (exact) mass is 308 g/mol. The van der Waals surface area contributed by atoms with Crippen LogP contribution in [0.4, 0.5) is 17.2 Å². The first-order valence-electron chi connectivity index (χ1n) is 6.11. The molecule has 0 aliphatic heterocycles. The molecule has 8 heteroatoms. The lowest BCUT2D eigenvalue weighted by atomic mass is 10.2. The minimum absolute atomic E-state index is 0.573. The molecule has 0 amide bonds. The molecule has 0 saturated heterocycles. The van der Waals surface area contributed by atoms with Crippen molar-refractivity contribution in [2.45, 2.75) is 13.3 Å². The molecule has 1 aromatic carbocycles. The molecule has 0 bridgehead atoms. The summed E-state index contributed by atoms with van der Waals surface area (Å²) < 4.78 is 10.2. The van der Waals surface area contributed by atoms with Crippen molar-refractivity contribution >= 4 is 51.6 Å². The molecule has 6 nitrogen and oxygen atoms in total. The third kappa shape index (κ3) is 1.99. The maximum atomic E-state index is 6.26. The number of nitrogens with zero attached hydrogens (tertiary/aromatic N) is 4. The summed E-state index contributed by atoms with van der Waals surface area (Å²) >= 11 is 7.41. The van der Waals surface area contributed by atoms with Crippen molar-refractivity contribution in [2.75, 3.05) is 11.1 Å². The number of hydrogen-bond donors (Lipinski definition) is 2. The third-order valence-electron chi connectivity index (χ3n) is 3.12. The number of halogens is 1. The number of anilines is 3. The van der Waals surface area contributed by atoms with Crippen LogP contribution in [0.2, 0.25) is 5.02 Å². The van der Waals surface area contributed by atoms with E-state index in [0.717, 1.165) is 34.9 Å². The van der Waals surface area contributed by atoms with Crippen LogP contribution in [-0.4, -0.2) is 18.5 Å². The largest absolute Gasteiger partial charge is 0.394 e. The van der Waals surface area contributed by atoms with E-state index in [4.69, 9.17) is 17.3 Å². The zero-order chi connectivity index (χ0) is 14.3. The van der Waals surface area contributed by atoms with Crippen molar-refractivity contribution in [3.05, 3.63) is 22.8 Å². The van der Waals surface area contributed by atoms with Crippen molar-refractivity contribution in [1.29, 1.82) is 0 Å². The van der Waals surface area contributed by atoms with Crippen molar-refractivity contribution < 1.29 is 0 Å². The van der Waals surface area contributed by atoms with Gasteiger partial charge in [0.05, 0.1) is 33.8 Å². The Morgan fingerprint density at radius 2 is 2.20 bits per heavy atom. The first-order valence-corrected chi connectivity index (χ1v) is 7.21. The third-order valence-corrected chi connectivity index (χ3v) is 3.97. The van der Waals surface area contributed by atoms with Crippen molar-refractivity contribution in [3.63, 3.8) is 0 Å². The Kier molecular flexibility index (Phi) is 3.23. The van der Waals surface area contributed by atoms with Crippen LogP contribution in [0.1, 0.15) is 12.6 Å². The van der Waals surface area contributed by atoms with Crippen LogP contribution in [0.15, 0.2) is 12.1 Å². The van der Waals surface area contributed by atoms with Gasteiger partial charge in [0.2, 0.25) is 0 Å². The van der Waals surface area contributed by atoms with E-state index in [1.165, 1.54) is 0 Å². The lowest BCUT2D eigenvalue weighted by molar-refractivity contribution is 0.754. The topological polar surface area (TPSA) is 81.7 Å². The molecule has 0 saturated carbocycles. The molecular formula is C12H13ClN6S. The molecule has 0 aliphatic carbocycles. The van der Waals surface area contributed by atoms with Gasteiger partial charge in [-0.25, -0.2) is 0 Å². The highest BCUT2D eigenvalue weighted by Gasteiger charge is 2.16. The molecule has 0 fully saturated rings. The highest BCUT2D eigenvalue weighted by Crippen LogP contribution is 2.34. The average Bonchev–Trinajstić information content (AvgIpc) is 3.00. The van der Waals surface area contributed by atoms with Crippen LogP contribution in [0.25, 0.3) is 11.0 Å². The molecule has 3 rings (SSSR count). The minimum Gasteiger partial charge on any atom is -0.394 e. The van der Waals surface area contributed by atoms with Crippen molar-refractivity contribution in [2.24, 2.45) is 7.05 Å². The number of hydrogen-bond acceptors (Lipinski definition) is 6. The number of nitrogen functional groups attached to an aromatic ring is 1. The zero-order valence-electron chi connectivity index (χ0n) is 11.0. The Balaban J connectivity index is 2.12. The number of nitrogens with one attached hydrogen (secondary N) is 1. The molecule has 0 spiro atoms. The summed E-state index contributed by atoms with van der Waals surface area (Å²) in [7, 11) is 1.84. The van der Waals surface area contributed by atoms with Crippen LogP contribution in [-0.2, 0) is 13.5 Å². The lowest BCUT2D eigenvalue weighted by Crippen LogP contribution is -2.02. The molecule has 20 heavy (non-hydrogen) atoms. The summed E-state index contributed by atoms with van der Waals surface area (Å²) in [6.45, 7) is 2.01. The molecule has 0 atom stereocenters. The van der Waals surface area contributed by atoms with E-state index in [2.05, 4.69) is 19.2 Å². The number of aromatic nitrogens is 4. The number of nitrogens with two attached hydrogens (primary N) is 1. The van der Waals surface area contributed by atoms with Crippen molar-refractivity contribution in [3.8, 4) is 0 Å². The van der Waals surface area contributed by atoms with Crippen LogP contribution >= 0.6 is 23.3 Å². The van der Waals surface area contributed by atoms with Crippen LogP contribution in [0.3, 0.4) is 0 Å². The standard InChI is InChI=1S/C12H13ClN6S/c1-3-7-9(14)12(19(2)16-7)15-10-6(13)4-5-8-11(10)18-20-17-8/h4-5,15H,3,14H2,1-2H3. The first kappa shape index (κ1) is 13.1. The maximum absolute atomic E-state index is 6.26. The normalized spacial score (nSPS) is 11.2. The number of rotatable bonds is 3. The summed E-state index contributed by atoms with van der Waals surface area (Å²) in [5, 5.41) is 8.19. The quantitative estimate of drug-likeness (QED) is 0.777. The van der Waals surface area contributed by atoms with Gasteiger partial charge in [0.15, 0.2) is 5.82 Å². The fourth-order valence-corrected chi connectivity index (χ4v) is 2.81. The van der Waals surface area contributed by atoms with Gasteiger partial charge >= 0.3 is 0 Å². The number of aryl methyl sites for hydroxylation is 2. The summed E-state index contributed by atoms with van der Waals surface area (Å²) in [5.74, 6) is 0.712. The smallest absolute Gasteiger partial charge is 0.152 e. The Hall–Kier alpha value is -1.86. The predicted molar refractivity (Wildman–Crippen MR) is 82.7 cm³/mol. The second-order valence-electron chi connectivity index (χ2n) is 4.37. The van der Waals surface area contributed by atoms with Crippen LogP contribution in [0, 0.1) is 0 Å². The van der Waals surface area contributed by atoms with Gasteiger partial charge in [0, 0.05) is 7.05 Å². The fourth-order valence-electron chi connectivity index (χ4n) is 2.07. The molecule has 3 aromatic rings. The minimum atomic E-state index is 0.573. The van der Waals surface area contributed by atoms with Gasteiger partial charge in [-0.1, -0.05) is 18.5 Å². The van der Waals surface area contributed by atoms with E-state index < -0.39 is 0 Å². The van der Waals surface area contributed by atoms with E-state index in [0.29, 0.717) is 22.2 Å². The Morgan fingerprint density at radius 1 is 1.40 bits per heavy atom. The van der Waals surface area contributed by atoms with Crippen molar-refractivity contribution in [1.82, 2.24) is 18.5 Å². The Labute approximate surface area is 124 Å². The van der Waals surface area contributed by atoms with E-state index in [1.54, 1.807) is 10.7 Å². The van der Waals surface area contributed by atoms with Gasteiger partial charge in [-0.15, -0.1) is 0 Å². The average molecular weight is 309 g/mol. The summed E-state index contributed by atoms with van der Waals surface area (Å²) in [6.07, 6.45) is 0.775. The predicted octanol–water partition coefficient (Wildman–Crippen LogP) is 2.97. The van der Waals surface area contributed by atoms with E-state index in [1.807, 2.05) is 20.0 Å². The van der Waals surface area contributed by atoms with E-state index in [-0.39, 0.29) is 0 Å².